The van der Waals surface area contributed by atoms with Crippen LogP contribution in [0.25, 0.3) is 0 Å². The highest BCUT2D eigenvalue weighted by Gasteiger charge is 2.41. The third-order valence-corrected chi connectivity index (χ3v) is 5.39. The number of hydrogen-bond donors (Lipinski definition) is 2. The lowest BCUT2D eigenvalue weighted by atomic mass is 10.0. The molecule has 2 unspecified atom stereocenters. The summed E-state index contributed by atoms with van der Waals surface area (Å²) in [6.07, 6.45) is 0.206. The van der Waals surface area contributed by atoms with Crippen molar-refractivity contribution in [2.24, 2.45) is 0 Å². The Morgan fingerprint density at radius 3 is 2.72 bits per heavy atom. The largest absolute Gasteiger partial charge is 0.349 e. The molecule has 4 amide bonds. The second-order valence-electron chi connectivity index (χ2n) is 7.29. The van der Waals surface area contributed by atoms with Gasteiger partial charge in [0.2, 0.25) is 11.8 Å². The molecule has 0 bridgehead atoms. The van der Waals surface area contributed by atoms with Crippen molar-refractivity contribution in [2.45, 2.75) is 37.9 Å². The predicted molar refractivity (Wildman–Crippen MR) is 110 cm³/mol. The lowest BCUT2D eigenvalue weighted by molar-refractivity contribution is -0.147. The standard InChI is InChI=1S/C22H18ClF2N3O4/c23-15-4-2-14(3-5-15)22(24,25)21(32)26-10-12-1-6-16-13(9-12)11-28(20(16)31)17-7-8-18(29)27-19(17)30/h1-6,9,17H,7-8,10-11H2,(H,26,32)(H,27,29,30)/i2D,3D,10D/hD. The molecule has 2 aromatic rings. The van der Waals surface area contributed by atoms with Gasteiger partial charge in [0.15, 0.2) is 1.41 Å². The van der Waals surface area contributed by atoms with Crippen molar-refractivity contribution in [3.63, 3.8) is 0 Å². The van der Waals surface area contributed by atoms with E-state index in [1.54, 1.807) is 0 Å². The van der Waals surface area contributed by atoms with Gasteiger partial charge in [0, 0.05) is 35.6 Å². The molecule has 0 aromatic heterocycles. The minimum absolute atomic E-state index is 0.0425. The number of fused-ring (bicyclic) bond motifs is 1. The van der Waals surface area contributed by atoms with Gasteiger partial charge in [0.05, 0.1) is 4.11 Å². The van der Waals surface area contributed by atoms with Gasteiger partial charge in [-0.15, -0.1) is 0 Å². The van der Waals surface area contributed by atoms with Crippen LogP contribution < -0.4 is 10.6 Å². The Balaban J connectivity index is 1.56. The summed E-state index contributed by atoms with van der Waals surface area (Å²) in [5.41, 5.74) is -0.700. The van der Waals surface area contributed by atoms with E-state index in [1.165, 1.54) is 23.1 Å². The Kier molecular flexibility index (Phi) is 4.48. The van der Waals surface area contributed by atoms with Crippen LogP contribution >= 0.6 is 11.6 Å². The molecule has 166 valence electrons. The lowest BCUT2D eigenvalue weighted by Gasteiger charge is -2.29. The zero-order valence-corrected chi connectivity index (χ0v) is 17.1. The molecule has 0 spiro atoms. The molecule has 0 aliphatic carbocycles. The van der Waals surface area contributed by atoms with Crippen LogP contribution in [0.15, 0.2) is 42.4 Å². The van der Waals surface area contributed by atoms with E-state index in [9.17, 15) is 28.0 Å². The fraction of sp³-hybridized carbons (Fsp3) is 0.273. The molecule has 1 fully saturated rings. The number of rotatable bonds is 5. The van der Waals surface area contributed by atoms with Crippen LogP contribution in [-0.4, -0.2) is 34.6 Å². The van der Waals surface area contributed by atoms with E-state index < -0.39 is 59.8 Å². The summed E-state index contributed by atoms with van der Waals surface area (Å²) in [5.74, 6) is -8.10. The summed E-state index contributed by atoms with van der Waals surface area (Å²) in [6.45, 7) is -1.97. The van der Waals surface area contributed by atoms with Gasteiger partial charge in [0.25, 0.3) is 11.8 Å². The number of benzene rings is 2. The van der Waals surface area contributed by atoms with E-state index >= 15 is 0 Å². The van der Waals surface area contributed by atoms with Crippen molar-refractivity contribution in [3.05, 3.63) is 69.7 Å². The van der Waals surface area contributed by atoms with Crippen molar-refractivity contribution < 1.29 is 33.5 Å². The molecule has 32 heavy (non-hydrogen) atoms. The summed E-state index contributed by atoms with van der Waals surface area (Å²) >= 11 is 5.66. The summed E-state index contributed by atoms with van der Waals surface area (Å²) < 4.78 is 61.4. The second kappa shape index (κ2) is 8.31. The Morgan fingerprint density at radius 1 is 1.31 bits per heavy atom. The van der Waals surface area contributed by atoms with Crippen molar-refractivity contribution in [1.82, 2.24) is 15.5 Å². The quantitative estimate of drug-likeness (QED) is 0.663. The van der Waals surface area contributed by atoms with E-state index in [2.05, 4.69) is 5.32 Å². The number of carbonyl (C=O) groups excluding carboxylic acids is 4. The number of halogens is 3. The van der Waals surface area contributed by atoms with Crippen LogP contribution in [0.3, 0.4) is 0 Å². The SMILES string of the molecule is [2H]c1cc(Cl)cc([2H])c1C(F)(F)C(=O)N([2H])C([2H])c1ccc2c(c1)CN(C1CCC(=O)NC1=O)C2=O. The Bertz CT molecular complexity index is 1290. The Labute approximate surface area is 192 Å². The zero-order chi connectivity index (χ0) is 26.5. The number of hydrogen-bond acceptors (Lipinski definition) is 4. The van der Waals surface area contributed by atoms with Crippen LogP contribution in [0.1, 0.15) is 44.0 Å². The highest BCUT2D eigenvalue weighted by Crippen LogP contribution is 2.30. The zero-order valence-electron chi connectivity index (χ0n) is 20.3. The molecule has 2 aromatic carbocycles. The molecule has 2 aliphatic rings. The maximum absolute atomic E-state index is 14.9. The van der Waals surface area contributed by atoms with Gasteiger partial charge in [-0.25, -0.2) is 0 Å². The molecule has 2 atom stereocenters. The molecule has 2 N–H and O–H groups in total. The maximum atomic E-state index is 14.9. The molecule has 2 heterocycles. The fourth-order valence-corrected chi connectivity index (χ4v) is 3.65. The summed E-state index contributed by atoms with van der Waals surface area (Å²) in [5, 5.41) is 1.77. The molecular formula is C22H18ClF2N3O4. The van der Waals surface area contributed by atoms with E-state index in [0.29, 0.717) is 5.56 Å². The minimum atomic E-state index is -4.45. The van der Waals surface area contributed by atoms with Gasteiger partial charge in [-0.3, -0.25) is 24.5 Å². The average Bonchev–Trinajstić information content (AvgIpc) is 3.12. The smallest absolute Gasteiger partial charge is 0.346 e. The Morgan fingerprint density at radius 2 is 2.03 bits per heavy atom. The minimum Gasteiger partial charge on any atom is -0.346 e. The molecule has 2 aliphatic heterocycles. The number of imide groups is 1. The molecule has 1 saturated heterocycles. The van der Waals surface area contributed by atoms with Crippen LogP contribution in [0.5, 0.6) is 0 Å². The summed E-state index contributed by atoms with van der Waals surface area (Å²) in [6, 6.07) is 2.98. The van der Waals surface area contributed by atoms with Crippen LogP contribution in [0.2, 0.25) is 6.43 Å². The van der Waals surface area contributed by atoms with Crippen LogP contribution in [0.4, 0.5) is 8.78 Å². The van der Waals surface area contributed by atoms with Crippen molar-refractivity contribution >= 4 is 35.2 Å². The van der Waals surface area contributed by atoms with Crippen LogP contribution in [-0.2, 0) is 33.4 Å². The molecular weight excluding hydrogens is 444 g/mol. The van der Waals surface area contributed by atoms with Crippen molar-refractivity contribution in [1.29, 1.82) is 0 Å². The van der Waals surface area contributed by atoms with Crippen molar-refractivity contribution in [2.75, 3.05) is 0 Å². The number of carbonyl (C=O) groups is 4. The first-order valence-corrected chi connectivity index (χ1v) is 9.88. The molecule has 0 saturated carbocycles. The second-order valence-corrected chi connectivity index (χ2v) is 7.73. The third-order valence-electron chi connectivity index (χ3n) is 5.17. The van der Waals surface area contributed by atoms with Gasteiger partial charge in [-0.1, -0.05) is 35.8 Å². The number of nitrogens with zero attached hydrogens (tertiary/aromatic N) is 1. The normalized spacial score (nSPS) is 21.2. The number of piperidine rings is 1. The Hall–Kier alpha value is -3.33. The molecule has 0 radical (unpaired) electrons. The first-order valence-electron chi connectivity index (χ1n) is 11.5. The van der Waals surface area contributed by atoms with Gasteiger partial charge in [0.1, 0.15) is 6.04 Å². The first-order chi connectivity index (χ1) is 16.8. The van der Waals surface area contributed by atoms with Gasteiger partial charge < -0.3 is 10.2 Å². The average molecular weight is 466 g/mol. The number of alkyl halides is 2. The lowest BCUT2D eigenvalue weighted by Crippen LogP contribution is -2.52. The van der Waals surface area contributed by atoms with Gasteiger partial charge >= 0.3 is 5.92 Å². The van der Waals surface area contributed by atoms with E-state index in [4.69, 9.17) is 17.1 Å². The van der Waals surface area contributed by atoms with E-state index in [0.717, 1.165) is 12.1 Å². The molecule has 10 heteroatoms. The van der Waals surface area contributed by atoms with Crippen molar-refractivity contribution in [3.8, 4) is 0 Å². The van der Waals surface area contributed by atoms with Crippen LogP contribution in [0, 0.1) is 0 Å². The number of amides is 4. The molecule has 7 nitrogen and oxygen atoms in total. The molecule has 4 rings (SSSR count). The maximum Gasteiger partial charge on any atom is 0.349 e. The predicted octanol–water partition coefficient (Wildman–Crippen LogP) is 2.51. The van der Waals surface area contributed by atoms with E-state index in [1.807, 2.05) is 0 Å². The highest BCUT2D eigenvalue weighted by atomic mass is 35.5. The summed E-state index contributed by atoms with van der Waals surface area (Å²) in [7, 11) is 0. The van der Waals surface area contributed by atoms with E-state index in [-0.39, 0.29) is 40.8 Å². The summed E-state index contributed by atoms with van der Waals surface area (Å²) in [4.78, 5) is 50.1. The topological polar surface area (TPSA) is 95.6 Å². The van der Waals surface area contributed by atoms with Gasteiger partial charge in [-0.05, 0) is 35.7 Å². The number of nitrogens with one attached hydrogen (secondary N) is 2. The monoisotopic (exact) mass is 465 g/mol. The highest BCUT2D eigenvalue weighted by molar-refractivity contribution is 6.30. The van der Waals surface area contributed by atoms with Gasteiger partial charge in [-0.2, -0.15) is 8.78 Å². The fourth-order valence-electron chi connectivity index (χ4n) is 3.54. The third kappa shape index (κ3) is 4.08. The first kappa shape index (κ1) is 17.3.